The molecule has 1 aromatic carbocycles. The van der Waals surface area contributed by atoms with Crippen LogP contribution in [0.2, 0.25) is 0 Å². The lowest BCUT2D eigenvalue weighted by Gasteiger charge is -2.12. The molecule has 0 aliphatic rings. The van der Waals surface area contributed by atoms with Crippen molar-refractivity contribution in [2.75, 3.05) is 6.54 Å². The molecule has 0 saturated heterocycles. The summed E-state index contributed by atoms with van der Waals surface area (Å²) in [6, 6.07) is 6.13. The predicted molar refractivity (Wildman–Crippen MR) is 84.7 cm³/mol. The fourth-order valence-corrected chi connectivity index (χ4v) is 2.80. The third-order valence-electron chi connectivity index (χ3n) is 3.62. The molecule has 0 bridgehead atoms. The Bertz CT molecular complexity index is 648. The van der Waals surface area contributed by atoms with Gasteiger partial charge in [0.25, 0.3) is 5.91 Å². The summed E-state index contributed by atoms with van der Waals surface area (Å²) >= 11 is 0. The van der Waals surface area contributed by atoms with Crippen molar-refractivity contribution in [1.29, 1.82) is 0 Å². The summed E-state index contributed by atoms with van der Waals surface area (Å²) in [6.07, 6.45) is 0. The maximum Gasteiger partial charge on any atom is 0.251 e. The number of benzene rings is 1. The van der Waals surface area contributed by atoms with Crippen LogP contribution in [0.15, 0.2) is 18.2 Å². The number of carbonyl (C=O) groups excluding carboxylic acids is 1. The van der Waals surface area contributed by atoms with Crippen LogP contribution >= 0.6 is 0 Å². The van der Waals surface area contributed by atoms with E-state index in [1.807, 2.05) is 57.5 Å². The number of carbonyl (C=O) groups is 1. The normalized spacial score (nSPS) is 10.7. The Morgan fingerprint density at radius 2 is 1.71 bits per heavy atom. The number of hydrogen-bond acceptors (Lipinski definition) is 2. The zero-order chi connectivity index (χ0) is 15.6. The van der Waals surface area contributed by atoms with Crippen molar-refractivity contribution in [1.82, 2.24) is 15.1 Å². The molecule has 112 valence electrons. The standard InChI is InChI=1S/C17H23N3O/c1-11-8-12(2)16(13(3)9-11)17(21)18-6-7-20-15(5)10-14(4)19-20/h8-10H,6-7H2,1-5H3,(H,18,21). The minimum atomic E-state index is -0.00784. The molecule has 1 aromatic heterocycles. The molecule has 0 saturated carbocycles. The zero-order valence-electron chi connectivity index (χ0n) is 13.4. The van der Waals surface area contributed by atoms with E-state index in [4.69, 9.17) is 0 Å². The first-order valence-corrected chi connectivity index (χ1v) is 7.25. The lowest BCUT2D eigenvalue weighted by atomic mass is 9.99. The highest BCUT2D eigenvalue weighted by Gasteiger charge is 2.12. The summed E-state index contributed by atoms with van der Waals surface area (Å²) in [4.78, 5) is 12.3. The van der Waals surface area contributed by atoms with Gasteiger partial charge in [0, 0.05) is 17.8 Å². The number of hydrogen-bond donors (Lipinski definition) is 1. The van der Waals surface area contributed by atoms with E-state index in [-0.39, 0.29) is 5.91 Å². The van der Waals surface area contributed by atoms with E-state index < -0.39 is 0 Å². The Morgan fingerprint density at radius 1 is 1.10 bits per heavy atom. The Kier molecular flexibility index (Phi) is 4.46. The van der Waals surface area contributed by atoms with Crippen molar-refractivity contribution in [2.24, 2.45) is 0 Å². The van der Waals surface area contributed by atoms with Crippen molar-refractivity contribution in [3.63, 3.8) is 0 Å². The van der Waals surface area contributed by atoms with Crippen LogP contribution < -0.4 is 5.32 Å². The van der Waals surface area contributed by atoms with E-state index in [2.05, 4.69) is 10.4 Å². The molecule has 0 radical (unpaired) electrons. The summed E-state index contributed by atoms with van der Waals surface area (Å²) in [7, 11) is 0. The van der Waals surface area contributed by atoms with Crippen molar-refractivity contribution in [2.45, 2.75) is 41.2 Å². The molecule has 21 heavy (non-hydrogen) atoms. The van der Waals surface area contributed by atoms with E-state index in [9.17, 15) is 4.79 Å². The molecule has 4 nitrogen and oxygen atoms in total. The van der Waals surface area contributed by atoms with Crippen LogP contribution in [0.3, 0.4) is 0 Å². The third kappa shape index (κ3) is 3.51. The van der Waals surface area contributed by atoms with E-state index in [0.29, 0.717) is 13.1 Å². The van der Waals surface area contributed by atoms with Gasteiger partial charge in [-0.1, -0.05) is 17.7 Å². The molecule has 0 fully saturated rings. The average Bonchev–Trinajstić information content (AvgIpc) is 2.66. The van der Waals surface area contributed by atoms with Crippen LogP contribution in [-0.4, -0.2) is 22.2 Å². The number of nitrogens with one attached hydrogen (secondary N) is 1. The van der Waals surface area contributed by atoms with Gasteiger partial charge in [-0.2, -0.15) is 5.10 Å². The number of aryl methyl sites for hydroxylation is 5. The fourth-order valence-electron chi connectivity index (χ4n) is 2.80. The molecule has 2 rings (SSSR count). The van der Waals surface area contributed by atoms with Crippen molar-refractivity contribution in [3.8, 4) is 0 Å². The molecule has 0 atom stereocenters. The second-order valence-electron chi connectivity index (χ2n) is 5.68. The van der Waals surface area contributed by atoms with Crippen molar-refractivity contribution < 1.29 is 4.79 Å². The number of nitrogens with zero attached hydrogens (tertiary/aromatic N) is 2. The van der Waals surface area contributed by atoms with Gasteiger partial charge in [-0.25, -0.2) is 0 Å². The molecule has 1 N–H and O–H groups in total. The van der Waals surface area contributed by atoms with E-state index in [1.165, 1.54) is 5.56 Å². The quantitative estimate of drug-likeness (QED) is 0.939. The maximum absolute atomic E-state index is 12.3. The molecule has 4 heteroatoms. The number of amides is 1. The summed E-state index contributed by atoms with van der Waals surface area (Å²) in [5.41, 5.74) is 6.14. The Balaban J connectivity index is 2.01. The first-order valence-electron chi connectivity index (χ1n) is 7.25. The highest BCUT2D eigenvalue weighted by Crippen LogP contribution is 2.16. The Hall–Kier alpha value is -2.10. The molecule has 0 aliphatic carbocycles. The van der Waals surface area contributed by atoms with Gasteiger partial charge in [0.2, 0.25) is 0 Å². The lowest BCUT2D eigenvalue weighted by molar-refractivity contribution is 0.0950. The van der Waals surface area contributed by atoms with Crippen LogP contribution in [-0.2, 0) is 6.54 Å². The molecule has 1 heterocycles. The summed E-state index contributed by atoms with van der Waals surface area (Å²) in [6.45, 7) is 11.3. The van der Waals surface area contributed by atoms with Crippen LogP contribution in [0.5, 0.6) is 0 Å². The van der Waals surface area contributed by atoms with Crippen LogP contribution in [0.1, 0.15) is 38.4 Å². The average molecular weight is 285 g/mol. The Morgan fingerprint density at radius 3 is 2.24 bits per heavy atom. The van der Waals surface area contributed by atoms with E-state index in [1.54, 1.807) is 0 Å². The monoisotopic (exact) mass is 285 g/mol. The maximum atomic E-state index is 12.3. The second kappa shape index (κ2) is 6.12. The van der Waals surface area contributed by atoms with Gasteiger partial charge in [-0.05, 0) is 51.8 Å². The van der Waals surface area contributed by atoms with Gasteiger partial charge in [0.15, 0.2) is 0 Å². The highest BCUT2D eigenvalue weighted by molar-refractivity contribution is 5.97. The SMILES string of the molecule is Cc1cc(C)c(C(=O)NCCn2nc(C)cc2C)c(C)c1. The van der Waals surface area contributed by atoms with Crippen molar-refractivity contribution in [3.05, 3.63) is 51.8 Å². The minimum absolute atomic E-state index is 0.00784. The lowest BCUT2D eigenvalue weighted by Crippen LogP contribution is -2.29. The summed E-state index contributed by atoms with van der Waals surface area (Å²) < 4.78 is 1.92. The largest absolute Gasteiger partial charge is 0.350 e. The van der Waals surface area contributed by atoms with Crippen molar-refractivity contribution >= 4 is 5.91 Å². The molecular formula is C17H23N3O. The smallest absolute Gasteiger partial charge is 0.251 e. The predicted octanol–water partition coefficient (Wildman–Crippen LogP) is 2.86. The second-order valence-corrected chi connectivity index (χ2v) is 5.68. The minimum Gasteiger partial charge on any atom is -0.350 e. The van der Waals surface area contributed by atoms with Gasteiger partial charge >= 0.3 is 0 Å². The third-order valence-corrected chi connectivity index (χ3v) is 3.62. The zero-order valence-corrected chi connectivity index (χ0v) is 13.4. The molecule has 0 aliphatic heterocycles. The van der Waals surface area contributed by atoms with Gasteiger partial charge in [0.05, 0.1) is 12.2 Å². The van der Waals surface area contributed by atoms with E-state index >= 15 is 0 Å². The molecule has 0 spiro atoms. The van der Waals surface area contributed by atoms with Crippen LogP contribution in [0, 0.1) is 34.6 Å². The fraction of sp³-hybridized carbons (Fsp3) is 0.412. The van der Waals surface area contributed by atoms with Gasteiger partial charge in [0.1, 0.15) is 0 Å². The summed E-state index contributed by atoms with van der Waals surface area (Å²) in [5.74, 6) is -0.00784. The van der Waals surface area contributed by atoms with Gasteiger partial charge < -0.3 is 5.32 Å². The summed E-state index contributed by atoms with van der Waals surface area (Å²) in [5, 5.41) is 7.38. The van der Waals surface area contributed by atoms with Gasteiger partial charge in [-0.15, -0.1) is 0 Å². The number of rotatable bonds is 4. The molecular weight excluding hydrogens is 262 g/mol. The molecule has 0 unspecified atom stereocenters. The topological polar surface area (TPSA) is 46.9 Å². The highest BCUT2D eigenvalue weighted by atomic mass is 16.1. The Labute approximate surface area is 126 Å². The van der Waals surface area contributed by atoms with Gasteiger partial charge in [-0.3, -0.25) is 9.48 Å². The number of aromatic nitrogens is 2. The first-order chi connectivity index (χ1) is 9.88. The first kappa shape index (κ1) is 15.3. The van der Waals surface area contributed by atoms with Crippen LogP contribution in [0.25, 0.3) is 0 Å². The van der Waals surface area contributed by atoms with Crippen LogP contribution in [0.4, 0.5) is 0 Å². The molecule has 1 amide bonds. The van der Waals surface area contributed by atoms with E-state index in [0.717, 1.165) is 28.1 Å². The molecule has 2 aromatic rings.